The van der Waals surface area contributed by atoms with E-state index in [-0.39, 0.29) is 5.56 Å². The van der Waals surface area contributed by atoms with E-state index in [0.717, 1.165) is 22.9 Å². The van der Waals surface area contributed by atoms with Gasteiger partial charge in [-0.15, -0.1) is 0 Å². The maximum absolute atomic E-state index is 14.1. The molecule has 0 spiro atoms. The van der Waals surface area contributed by atoms with Gasteiger partial charge in [0.25, 0.3) is 0 Å². The van der Waals surface area contributed by atoms with E-state index >= 15 is 0 Å². The molecular formula is C19H16F2N6. The lowest BCUT2D eigenvalue weighted by Gasteiger charge is -2.10. The summed E-state index contributed by atoms with van der Waals surface area (Å²) >= 11 is 0. The molecule has 0 amide bonds. The molecule has 4 rings (SSSR count). The molecule has 0 aliphatic carbocycles. The Morgan fingerprint density at radius 2 is 1.89 bits per heavy atom. The van der Waals surface area contributed by atoms with Crippen LogP contribution in [0.5, 0.6) is 0 Å². The lowest BCUT2D eigenvalue weighted by atomic mass is 10.1. The van der Waals surface area contributed by atoms with Crippen LogP contribution in [0.25, 0.3) is 16.9 Å². The third kappa shape index (κ3) is 3.61. The van der Waals surface area contributed by atoms with Crippen LogP contribution in [-0.2, 0) is 13.1 Å². The summed E-state index contributed by atoms with van der Waals surface area (Å²) in [6, 6.07) is 11.3. The first-order valence-electron chi connectivity index (χ1n) is 8.33. The van der Waals surface area contributed by atoms with Crippen molar-refractivity contribution in [2.45, 2.75) is 13.1 Å². The van der Waals surface area contributed by atoms with Gasteiger partial charge < -0.3 is 5.32 Å². The Morgan fingerprint density at radius 3 is 2.70 bits per heavy atom. The molecule has 0 aliphatic heterocycles. The number of aromatic amines is 1. The minimum atomic E-state index is -0.628. The highest BCUT2D eigenvalue weighted by atomic mass is 19.1. The van der Waals surface area contributed by atoms with Crippen LogP contribution in [0.3, 0.4) is 0 Å². The monoisotopic (exact) mass is 366 g/mol. The van der Waals surface area contributed by atoms with Crippen LogP contribution in [0.2, 0.25) is 0 Å². The first-order chi connectivity index (χ1) is 13.2. The zero-order valence-corrected chi connectivity index (χ0v) is 14.2. The van der Waals surface area contributed by atoms with Gasteiger partial charge in [0, 0.05) is 30.3 Å². The highest BCUT2D eigenvalue weighted by Crippen LogP contribution is 2.25. The SMILES string of the molecule is Fc1ccc(-c2[nH]ncc2CNCc2ccccc2-n2cncn2)c(F)c1. The molecule has 136 valence electrons. The Morgan fingerprint density at radius 1 is 1.04 bits per heavy atom. The molecule has 0 aliphatic rings. The van der Waals surface area contributed by atoms with Gasteiger partial charge in [0.05, 0.1) is 17.6 Å². The Bertz CT molecular complexity index is 1040. The van der Waals surface area contributed by atoms with Gasteiger partial charge in [0.2, 0.25) is 0 Å². The van der Waals surface area contributed by atoms with Crippen molar-refractivity contribution in [1.29, 1.82) is 0 Å². The van der Waals surface area contributed by atoms with Crippen molar-refractivity contribution in [3.63, 3.8) is 0 Å². The number of nitrogens with one attached hydrogen (secondary N) is 2. The van der Waals surface area contributed by atoms with E-state index in [1.54, 1.807) is 17.2 Å². The molecular weight excluding hydrogens is 350 g/mol. The maximum atomic E-state index is 14.1. The lowest BCUT2D eigenvalue weighted by Crippen LogP contribution is -2.15. The largest absolute Gasteiger partial charge is 0.308 e. The van der Waals surface area contributed by atoms with Crippen molar-refractivity contribution in [1.82, 2.24) is 30.3 Å². The van der Waals surface area contributed by atoms with E-state index in [0.29, 0.717) is 18.8 Å². The number of halogens is 2. The molecule has 8 heteroatoms. The molecule has 2 aromatic heterocycles. The van der Waals surface area contributed by atoms with E-state index in [1.807, 2.05) is 24.3 Å². The van der Waals surface area contributed by atoms with E-state index in [9.17, 15) is 8.78 Å². The first-order valence-corrected chi connectivity index (χ1v) is 8.33. The second-order valence-electron chi connectivity index (χ2n) is 5.97. The van der Waals surface area contributed by atoms with Crippen LogP contribution in [0.4, 0.5) is 8.78 Å². The summed E-state index contributed by atoms with van der Waals surface area (Å²) in [4.78, 5) is 3.98. The van der Waals surface area contributed by atoms with Gasteiger partial charge in [0.15, 0.2) is 0 Å². The van der Waals surface area contributed by atoms with Crippen molar-refractivity contribution in [2.75, 3.05) is 0 Å². The van der Waals surface area contributed by atoms with Gasteiger partial charge in [-0.25, -0.2) is 18.4 Å². The smallest absolute Gasteiger partial charge is 0.138 e. The van der Waals surface area contributed by atoms with Crippen molar-refractivity contribution in [2.24, 2.45) is 0 Å². The normalized spacial score (nSPS) is 11.0. The number of nitrogens with zero attached hydrogens (tertiary/aromatic N) is 4. The van der Waals surface area contributed by atoms with Gasteiger partial charge in [-0.05, 0) is 23.8 Å². The predicted molar refractivity (Wildman–Crippen MR) is 95.8 cm³/mol. The molecule has 0 unspecified atom stereocenters. The molecule has 0 saturated carbocycles. The van der Waals surface area contributed by atoms with Crippen molar-refractivity contribution >= 4 is 0 Å². The number of H-pyrrole nitrogens is 1. The number of para-hydroxylation sites is 1. The van der Waals surface area contributed by atoms with Gasteiger partial charge in [0.1, 0.15) is 24.3 Å². The number of rotatable bonds is 6. The minimum Gasteiger partial charge on any atom is -0.308 e. The molecule has 4 aromatic rings. The van der Waals surface area contributed by atoms with Crippen LogP contribution in [0.15, 0.2) is 61.3 Å². The average molecular weight is 366 g/mol. The van der Waals surface area contributed by atoms with Gasteiger partial charge in [-0.1, -0.05) is 18.2 Å². The Kier molecular flexibility index (Phi) is 4.71. The van der Waals surface area contributed by atoms with Crippen LogP contribution >= 0.6 is 0 Å². The van der Waals surface area contributed by atoms with Crippen molar-refractivity contribution in [3.05, 3.63) is 84.1 Å². The van der Waals surface area contributed by atoms with E-state index < -0.39 is 11.6 Å². The standard InChI is InChI=1S/C19H16F2N6/c20-15-5-6-16(17(21)7-15)19-14(10-24-26-19)9-22-8-13-3-1-2-4-18(13)27-12-23-11-25-27/h1-7,10-12,22H,8-9H2,(H,24,26). The molecule has 6 nitrogen and oxygen atoms in total. The molecule has 0 radical (unpaired) electrons. The molecule has 2 N–H and O–H groups in total. The summed E-state index contributed by atoms with van der Waals surface area (Å²) < 4.78 is 28.9. The third-order valence-electron chi connectivity index (χ3n) is 4.21. The zero-order chi connectivity index (χ0) is 18.6. The van der Waals surface area contributed by atoms with Crippen LogP contribution in [-0.4, -0.2) is 25.0 Å². The van der Waals surface area contributed by atoms with Gasteiger partial charge in [-0.2, -0.15) is 10.2 Å². The molecule has 2 aromatic carbocycles. The number of aromatic nitrogens is 5. The fourth-order valence-corrected chi connectivity index (χ4v) is 2.92. The van der Waals surface area contributed by atoms with E-state index in [1.165, 1.54) is 18.5 Å². The molecule has 0 atom stereocenters. The van der Waals surface area contributed by atoms with Crippen molar-refractivity contribution in [3.8, 4) is 16.9 Å². The lowest BCUT2D eigenvalue weighted by molar-refractivity contribution is 0.585. The van der Waals surface area contributed by atoms with Crippen molar-refractivity contribution < 1.29 is 8.78 Å². The zero-order valence-electron chi connectivity index (χ0n) is 14.2. The van der Waals surface area contributed by atoms with Gasteiger partial charge in [-0.3, -0.25) is 5.10 Å². The molecule has 2 heterocycles. The molecule has 0 saturated heterocycles. The maximum Gasteiger partial charge on any atom is 0.138 e. The van der Waals surface area contributed by atoms with E-state index in [2.05, 4.69) is 25.6 Å². The number of hydrogen-bond acceptors (Lipinski definition) is 4. The summed E-state index contributed by atoms with van der Waals surface area (Å²) in [5.41, 5.74) is 3.58. The summed E-state index contributed by atoms with van der Waals surface area (Å²) in [5.74, 6) is -1.24. The number of hydrogen-bond donors (Lipinski definition) is 2. The highest BCUT2D eigenvalue weighted by Gasteiger charge is 2.13. The van der Waals surface area contributed by atoms with Crippen LogP contribution < -0.4 is 5.32 Å². The molecule has 27 heavy (non-hydrogen) atoms. The summed E-state index contributed by atoms with van der Waals surface area (Å²) in [5, 5.41) is 14.3. The fraction of sp³-hybridized carbons (Fsp3) is 0.105. The third-order valence-corrected chi connectivity index (χ3v) is 4.21. The first kappa shape index (κ1) is 17.0. The molecule has 0 bridgehead atoms. The van der Waals surface area contributed by atoms with Gasteiger partial charge >= 0.3 is 0 Å². The average Bonchev–Trinajstić information content (AvgIpc) is 3.34. The highest BCUT2D eigenvalue weighted by molar-refractivity contribution is 5.63. The predicted octanol–water partition coefficient (Wildman–Crippen LogP) is 3.23. The quantitative estimate of drug-likeness (QED) is 0.550. The summed E-state index contributed by atoms with van der Waals surface area (Å²) in [6.45, 7) is 1.04. The second-order valence-corrected chi connectivity index (χ2v) is 5.97. The Balaban J connectivity index is 1.50. The Hall–Kier alpha value is -3.39. The molecule has 0 fully saturated rings. The minimum absolute atomic E-state index is 0.286. The topological polar surface area (TPSA) is 71.4 Å². The second kappa shape index (κ2) is 7.46. The summed E-state index contributed by atoms with van der Waals surface area (Å²) in [7, 11) is 0. The number of benzene rings is 2. The Labute approximate surface area is 153 Å². The summed E-state index contributed by atoms with van der Waals surface area (Å²) in [6.07, 6.45) is 4.76. The van der Waals surface area contributed by atoms with Crippen LogP contribution in [0.1, 0.15) is 11.1 Å². The van der Waals surface area contributed by atoms with Crippen LogP contribution in [0, 0.1) is 11.6 Å². The fourth-order valence-electron chi connectivity index (χ4n) is 2.92. The van der Waals surface area contributed by atoms with E-state index in [4.69, 9.17) is 0 Å².